The molecule has 3 atom stereocenters. The molecule has 0 aliphatic carbocycles. The second-order valence-electron chi connectivity index (χ2n) is 5.35. The van der Waals surface area contributed by atoms with Gasteiger partial charge in [0.25, 0.3) is 0 Å². The lowest BCUT2D eigenvalue weighted by atomic mass is 9.95. The summed E-state index contributed by atoms with van der Waals surface area (Å²) < 4.78 is 5.54. The maximum Gasteiger partial charge on any atom is 0.238 e. The molecular weight excluding hydrogens is 270 g/mol. The van der Waals surface area contributed by atoms with E-state index >= 15 is 0 Å². The molecular formula is C15H21N3O3. The van der Waals surface area contributed by atoms with Crippen LogP contribution in [0.1, 0.15) is 25.3 Å². The molecule has 6 nitrogen and oxygen atoms in total. The zero-order chi connectivity index (χ0) is 15.4. The molecule has 0 spiro atoms. The predicted molar refractivity (Wildman–Crippen MR) is 79.2 cm³/mol. The largest absolute Gasteiger partial charge is 0.409 e. The lowest BCUT2D eigenvalue weighted by molar-refractivity contribution is -0.143. The molecule has 21 heavy (non-hydrogen) atoms. The number of morpholine rings is 1. The fraction of sp³-hybridized carbons (Fsp3) is 0.467. The summed E-state index contributed by atoms with van der Waals surface area (Å²) in [6.07, 6.45) is -0.0196. The van der Waals surface area contributed by atoms with E-state index in [4.69, 9.17) is 15.7 Å². The lowest BCUT2D eigenvalue weighted by Crippen LogP contribution is -2.53. The van der Waals surface area contributed by atoms with Crippen LogP contribution in [0.2, 0.25) is 0 Å². The van der Waals surface area contributed by atoms with Gasteiger partial charge >= 0.3 is 0 Å². The molecule has 1 fully saturated rings. The molecule has 6 heteroatoms. The van der Waals surface area contributed by atoms with Crippen molar-refractivity contribution in [3.05, 3.63) is 35.9 Å². The first-order chi connectivity index (χ1) is 10.0. The Balaban J connectivity index is 2.31. The van der Waals surface area contributed by atoms with Gasteiger partial charge in [0.15, 0.2) is 5.84 Å². The van der Waals surface area contributed by atoms with E-state index in [2.05, 4.69) is 5.16 Å². The quantitative estimate of drug-likeness (QED) is 0.378. The first-order valence-electron chi connectivity index (χ1n) is 6.99. The van der Waals surface area contributed by atoms with Crippen molar-refractivity contribution >= 4 is 11.7 Å². The summed E-state index contributed by atoms with van der Waals surface area (Å²) in [7, 11) is 0. The average Bonchev–Trinajstić information content (AvgIpc) is 2.50. The fourth-order valence-corrected chi connectivity index (χ4v) is 2.52. The Morgan fingerprint density at radius 2 is 2.10 bits per heavy atom. The molecule has 2 rings (SSSR count). The van der Waals surface area contributed by atoms with E-state index in [0.717, 1.165) is 0 Å². The van der Waals surface area contributed by atoms with E-state index < -0.39 is 5.92 Å². The summed E-state index contributed by atoms with van der Waals surface area (Å²) in [4.78, 5) is 14.6. The third kappa shape index (κ3) is 3.33. The number of ether oxygens (including phenoxy) is 1. The van der Waals surface area contributed by atoms with Crippen LogP contribution < -0.4 is 5.73 Å². The number of rotatable bonds is 3. The maximum absolute atomic E-state index is 12.9. The summed E-state index contributed by atoms with van der Waals surface area (Å²) in [5.41, 5.74) is 6.47. The van der Waals surface area contributed by atoms with Crippen LogP contribution in [-0.2, 0) is 9.53 Å². The topological polar surface area (TPSA) is 88.2 Å². The van der Waals surface area contributed by atoms with E-state index in [1.165, 1.54) is 0 Å². The van der Waals surface area contributed by atoms with Crippen molar-refractivity contribution in [1.82, 2.24) is 4.90 Å². The minimum Gasteiger partial charge on any atom is -0.409 e. The molecule has 0 aromatic heterocycles. The van der Waals surface area contributed by atoms with E-state index in [9.17, 15) is 4.79 Å². The smallest absolute Gasteiger partial charge is 0.238 e. The van der Waals surface area contributed by atoms with Crippen LogP contribution in [0.3, 0.4) is 0 Å². The Hall–Kier alpha value is -2.08. The molecule has 1 aromatic rings. The zero-order valence-corrected chi connectivity index (χ0v) is 12.3. The van der Waals surface area contributed by atoms with Gasteiger partial charge in [-0.3, -0.25) is 4.79 Å². The molecule has 0 saturated carbocycles. The van der Waals surface area contributed by atoms with Crippen molar-refractivity contribution in [2.24, 2.45) is 10.9 Å². The monoisotopic (exact) mass is 291 g/mol. The van der Waals surface area contributed by atoms with Crippen LogP contribution in [0.25, 0.3) is 0 Å². The average molecular weight is 291 g/mol. The van der Waals surface area contributed by atoms with Crippen molar-refractivity contribution in [1.29, 1.82) is 0 Å². The minimum absolute atomic E-state index is 0.0196. The zero-order valence-electron chi connectivity index (χ0n) is 12.3. The number of oxime groups is 1. The Kier molecular flexibility index (Phi) is 4.80. The predicted octanol–water partition coefficient (Wildman–Crippen LogP) is 1.15. The number of amidine groups is 1. The SMILES string of the molecule is CC1CN(C(=O)C(C(N)=NO)c2ccccc2)C(C)CO1. The third-order valence-electron chi connectivity index (χ3n) is 3.68. The van der Waals surface area contributed by atoms with Crippen molar-refractivity contribution in [2.75, 3.05) is 13.2 Å². The van der Waals surface area contributed by atoms with Crippen LogP contribution >= 0.6 is 0 Å². The van der Waals surface area contributed by atoms with Gasteiger partial charge in [-0.05, 0) is 19.4 Å². The lowest BCUT2D eigenvalue weighted by Gasteiger charge is -2.38. The number of carbonyl (C=O) groups is 1. The molecule has 114 valence electrons. The number of amides is 1. The standard InChI is InChI=1S/C15H21N3O3/c1-10-9-21-11(2)8-18(10)15(19)13(14(16)17-20)12-6-4-3-5-7-12/h3-7,10-11,13,20H,8-9H2,1-2H3,(H2,16,17). The Morgan fingerprint density at radius 1 is 1.43 bits per heavy atom. The van der Waals surface area contributed by atoms with Crippen LogP contribution in [0.15, 0.2) is 35.5 Å². The minimum atomic E-state index is -0.774. The first-order valence-corrected chi connectivity index (χ1v) is 6.99. The Bertz CT molecular complexity index is 518. The fourth-order valence-electron chi connectivity index (χ4n) is 2.52. The van der Waals surface area contributed by atoms with Crippen LogP contribution in [0.5, 0.6) is 0 Å². The number of carbonyl (C=O) groups excluding carboxylic acids is 1. The van der Waals surface area contributed by atoms with Gasteiger partial charge in [0, 0.05) is 6.54 Å². The molecule has 3 unspecified atom stereocenters. The molecule has 1 amide bonds. The number of nitrogens with two attached hydrogens (primary N) is 1. The highest BCUT2D eigenvalue weighted by atomic mass is 16.5. The highest BCUT2D eigenvalue weighted by molar-refractivity contribution is 6.07. The van der Waals surface area contributed by atoms with E-state index in [1.807, 2.05) is 32.0 Å². The van der Waals surface area contributed by atoms with Crippen LogP contribution in [0, 0.1) is 0 Å². The van der Waals surface area contributed by atoms with Crippen LogP contribution in [0.4, 0.5) is 0 Å². The summed E-state index contributed by atoms with van der Waals surface area (Å²) in [6, 6.07) is 9.07. The van der Waals surface area contributed by atoms with E-state index in [-0.39, 0.29) is 23.9 Å². The number of nitrogens with zero attached hydrogens (tertiary/aromatic N) is 2. The van der Waals surface area contributed by atoms with Crippen molar-refractivity contribution in [2.45, 2.75) is 31.9 Å². The highest BCUT2D eigenvalue weighted by Crippen LogP contribution is 2.22. The third-order valence-corrected chi connectivity index (χ3v) is 3.68. The summed E-state index contributed by atoms with van der Waals surface area (Å²) in [5.74, 6) is -1.04. The number of hydrogen-bond acceptors (Lipinski definition) is 4. The van der Waals surface area contributed by atoms with Crippen molar-refractivity contribution in [3.8, 4) is 0 Å². The number of benzene rings is 1. The van der Waals surface area contributed by atoms with Gasteiger partial charge in [-0.15, -0.1) is 0 Å². The molecule has 1 saturated heterocycles. The molecule has 1 aliphatic heterocycles. The Labute approximate surface area is 124 Å². The second-order valence-corrected chi connectivity index (χ2v) is 5.35. The molecule has 1 aliphatic rings. The van der Waals surface area contributed by atoms with Gasteiger partial charge in [-0.25, -0.2) is 0 Å². The molecule has 1 heterocycles. The molecule has 0 radical (unpaired) electrons. The van der Waals surface area contributed by atoms with Gasteiger partial charge < -0.3 is 20.6 Å². The van der Waals surface area contributed by atoms with Gasteiger partial charge in [-0.1, -0.05) is 35.5 Å². The summed E-state index contributed by atoms with van der Waals surface area (Å²) in [6.45, 7) is 4.85. The van der Waals surface area contributed by atoms with Crippen LogP contribution in [-0.4, -0.2) is 47.1 Å². The second kappa shape index (κ2) is 6.58. The maximum atomic E-state index is 12.9. The summed E-state index contributed by atoms with van der Waals surface area (Å²) in [5, 5.41) is 12.0. The molecule has 1 aromatic carbocycles. The van der Waals surface area contributed by atoms with Gasteiger partial charge in [0.2, 0.25) is 5.91 Å². The molecule has 3 N–H and O–H groups in total. The number of hydrogen-bond donors (Lipinski definition) is 2. The van der Waals surface area contributed by atoms with Gasteiger partial charge in [0.05, 0.1) is 18.8 Å². The van der Waals surface area contributed by atoms with Gasteiger partial charge in [0.1, 0.15) is 5.92 Å². The van der Waals surface area contributed by atoms with Gasteiger partial charge in [-0.2, -0.15) is 0 Å². The highest BCUT2D eigenvalue weighted by Gasteiger charge is 2.35. The normalized spacial score (nSPS) is 24.7. The van der Waals surface area contributed by atoms with E-state index in [0.29, 0.717) is 18.7 Å². The molecule has 0 bridgehead atoms. The van der Waals surface area contributed by atoms with Crippen molar-refractivity contribution in [3.63, 3.8) is 0 Å². The summed E-state index contributed by atoms with van der Waals surface area (Å²) >= 11 is 0. The Morgan fingerprint density at radius 3 is 2.71 bits per heavy atom. The van der Waals surface area contributed by atoms with E-state index in [1.54, 1.807) is 17.0 Å². The van der Waals surface area contributed by atoms with Crippen molar-refractivity contribution < 1.29 is 14.7 Å². The first kappa shape index (κ1) is 15.3.